The first-order valence-electron chi connectivity index (χ1n) is 9.17. The SMILES string of the molecule is C[N+]1(C)CCC(c2cc(C3CCC4CN3C(=O)N4OS(=O)(=O)[O-])no2)CC1. The van der Waals surface area contributed by atoms with E-state index in [1.54, 1.807) is 0 Å². The van der Waals surface area contributed by atoms with Crippen LogP contribution in [0.15, 0.2) is 10.6 Å². The molecule has 2 amide bonds. The van der Waals surface area contributed by atoms with Gasteiger partial charge < -0.3 is 18.5 Å². The third-order valence-electron chi connectivity index (χ3n) is 5.95. The van der Waals surface area contributed by atoms with E-state index in [9.17, 15) is 17.8 Å². The van der Waals surface area contributed by atoms with Gasteiger partial charge in [0.05, 0.1) is 39.3 Å². The molecule has 0 spiro atoms. The van der Waals surface area contributed by atoms with Gasteiger partial charge in [-0.15, -0.1) is 0 Å². The zero-order valence-electron chi connectivity index (χ0n) is 15.4. The van der Waals surface area contributed by atoms with E-state index in [-0.39, 0.29) is 6.04 Å². The molecule has 10 nitrogen and oxygen atoms in total. The zero-order valence-corrected chi connectivity index (χ0v) is 16.2. The Bertz CT molecular complexity index is 828. The van der Waals surface area contributed by atoms with Crippen LogP contribution in [-0.2, 0) is 14.7 Å². The van der Waals surface area contributed by atoms with Crippen LogP contribution >= 0.6 is 0 Å². The van der Waals surface area contributed by atoms with Crippen LogP contribution in [-0.4, -0.2) is 78.4 Å². The van der Waals surface area contributed by atoms with Crippen LogP contribution in [0.1, 0.15) is 49.1 Å². The highest BCUT2D eigenvalue weighted by molar-refractivity contribution is 7.80. The number of rotatable bonds is 4. The van der Waals surface area contributed by atoms with Gasteiger partial charge in [-0.2, -0.15) is 9.35 Å². The fraction of sp³-hybridized carbons (Fsp3) is 0.750. The highest BCUT2D eigenvalue weighted by Gasteiger charge is 2.48. The quantitative estimate of drug-likeness (QED) is 0.420. The van der Waals surface area contributed by atoms with Gasteiger partial charge in [0.1, 0.15) is 11.5 Å². The number of amides is 2. The number of nitrogens with zero attached hydrogens (tertiary/aromatic N) is 4. The number of hydrogen-bond donors (Lipinski definition) is 0. The van der Waals surface area contributed by atoms with Gasteiger partial charge in [0.25, 0.3) is 0 Å². The number of hydrogen-bond acceptors (Lipinski definition) is 7. The molecule has 150 valence electrons. The van der Waals surface area contributed by atoms with Gasteiger partial charge in [0.2, 0.25) is 10.4 Å². The fourth-order valence-electron chi connectivity index (χ4n) is 4.34. The van der Waals surface area contributed by atoms with Crippen molar-refractivity contribution < 1.29 is 31.1 Å². The molecular formula is C16H24N4O6S. The van der Waals surface area contributed by atoms with Crippen molar-refractivity contribution >= 4 is 16.4 Å². The Kier molecular flexibility index (Phi) is 4.45. The molecule has 2 bridgehead atoms. The normalized spacial score (nSPS) is 28.8. The largest absolute Gasteiger partial charge is 0.724 e. The minimum absolute atomic E-state index is 0.301. The summed E-state index contributed by atoms with van der Waals surface area (Å²) in [4.78, 5) is 14.0. The van der Waals surface area contributed by atoms with Crippen LogP contribution in [0.2, 0.25) is 0 Å². The number of urea groups is 1. The summed E-state index contributed by atoms with van der Waals surface area (Å²) in [5, 5.41) is 4.87. The number of piperidine rings is 2. The standard InChI is InChI=1S/C16H24N4O6S/c1-20(2)7-5-11(6-8-20)15-9-13(17-25-15)14-4-3-12-10-18(14)16(21)19(12)26-27(22,23)24/h9,11-12,14H,3-8,10H2,1-2H3. The molecule has 0 radical (unpaired) electrons. The Morgan fingerprint density at radius 1 is 1.26 bits per heavy atom. The molecule has 0 aromatic carbocycles. The van der Waals surface area contributed by atoms with Gasteiger partial charge in [-0.05, 0) is 12.8 Å². The average molecular weight is 400 g/mol. The molecule has 3 fully saturated rings. The number of aromatic nitrogens is 1. The monoisotopic (exact) mass is 400 g/mol. The first-order valence-corrected chi connectivity index (χ1v) is 10.5. The van der Waals surface area contributed by atoms with Crippen molar-refractivity contribution in [2.24, 2.45) is 0 Å². The van der Waals surface area contributed by atoms with E-state index in [0.29, 0.717) is 36.1 Å². The zero-order chi connectivity index (χ0) is 19.4. The predicted octanol–water partition coefficient (Wildman–Crippen LogP) is 0.961. The van der Waals surface area contributed by atoms with Gasteiger partial charge in [0.15, 0.2) is 0 Å². The minimum atomic E-state index is -4.99. The summed E-state index contributed by atoms with van der Waals surface area (Å²) in [7, 11) is -0.553. The van der Waals surface area contributed by atoms with Crippen molar-refractivity contribution in [2.45, 2.75) is 43.7 Å². The maximum absolute atomic E-state index is 12.5. The second-order valence-corrected chi connectivity index (χ2v) is 9.27. The summed E-state index contributed by atoms with van der Waals surface area (Å²) in [5.74, 6) is 1.17. The Morgan fingerprint density at radius 2 is 1.96 bits per heavy atom. The second-order valence-electron chi connectivity index (χ2n) is 8.30. The van der Waals surface area contributed by atoms with E-state index in [1.165, 1.54) is 4.90 Å². The third-order valence-corrected chi connectivity index (χ3v) is 6.29. The van der Waals surface area contributed by atoms with Crippen molar-refractivity contribution in [1.82, 2.24) is 15.1 Å². The number of hydroxylamine groups is 2. The molecule has 0 saturated carbocycles. The molecule has 0 aliphatic carbocycles. The first kappa shape index (κ1) is 18.7. The molecular weight excluding hydrogens is 376 g/mol. The number of quaternary nitrogens is 1. The molecule has 4 heterocycles. The molecule has 11 heteroatoms. The van der Waals surface area contributed by atoms with Crippen LogP contribution in [0.4, 0.5) is 4.79 Å². The number of fused-ring (bicyclic) bond motifs is 2. The van der Waals surface area contributed by atoms with E-state index in [0.717, 1.165) is 36.2 Å². The molecule has 4 rings (SSSR count). The summed E-state index contributed by atoms with van der Waals surface area (Å²) in [6.45, 7) is 2.45. The number of carbonyl (C=O) groups is 1. The van der Waals surface area contributed by atoms with Crippen LogP contribution in [0.3, 0.4) is 0 Å². The van der Waals surface area contributed by atoms with Crippen LogP contribution in [0.25, 0.3) is 0 Å². The number of likely N-dealkylation sites (tertiary alicyclic amines) is 1. The minimum Gasteiger partial charge on any atom is -0.724 e. The molecule has 3 aliphatic heterocycles. The second kappa shape index (κ2) is 6.43. The van der Waals surface area contributed by atoms with Crippen LogP contribution < -0.4 is 0 Å². The van der Waals surface area contributed by atoms with E-state index in [4.69, 9.17) is 4.52 Å². The molecule has 3 aliphatic rings. The highest BCUT2D eigenvalue weighted by Crippen LogP contribution is 2.39. The third kappa shape index (κ3) is 3.68. The lowest BCUT2D eigenvalue weighted by Gasteiger charge is -2.36. The van der Waals surface area contributed by atoms with E-state index in [2.05, 4.69) is 23.5 Å². The maximum atomic E-state index is 12.5. The summed E-state index contributed by atoms with van der Waals surface area (Å²) < 4.78 is 43.6. The summed E-state index contributed by atoms with van der Waals surface area (Å²) in [6, 6.07) is 0.553. The van der Waals surface area contributed by atoms with Crippen LogP contribution in [0, 0.1) is 0 Å². The molecule has 27 heavy (non-hydrogen) atoms. The lowest BCUT2D eigenvalue weighted by atomic mass is 9.92. The summed E-state index contributed by atoms with van der Waals surface area (Å²) in [5.41, 5.74) is 0.669. The van der Waals surface area contributed by atoms with Gasteiger partial charge in [0, 0.05) is 31.4 Å². The van der Waals surface area contributed by atoms with Gasteiger partial charge in [-0.3, -0.25) is 0 Å². The van der Waals surface area contributed by atoms with Gasteiger partial charge >= 0.3 is 6.03 Å². The molecule has 2 atom stereocenters. The number of carbonyl (C=O) groups excluding carboxylic acids is 1. The lowest BCUT2D eigenvalue weighted by molar-refractivity contribution is -0.895. The average Bonchev–Trinajstić information content (AvgIpc) is 3.15. The van der Waals surface area contributed by atoms with Crippen LogP contribution in [0.5, 0.6) is 0 Å². The summed E-state index contributed by atoms with van der Waals surface area (Å²) >= 11 is 0. The molecule has 0 N–H and O–H groups in total. The predicted molar refractivity (Wildman–Crippen MR) is 90.8 cm³/mol. The molecule has 1 aromatic heterocycles. The lowest BCUT2D eigenvalue weighted by Crippen LogP contribution is -2.45. The van der Waals surface area contributed by atoms with Crippen molar-refractivity contribution in [3.63, 3.8) is 0 Å². The van der Waals surface area contributed by atoms with E-state index in [1.807, 2.05) is 6.07 Å². The maximum Gasteiger partial charge on any atom is 0.346 e. The Labute approximate surface area is 158 Å². The summed E-state index contributed by atoms with van der Waals surface area (Å²) in [6.07, 6.45) is 3.19. The van der Waals surface area contributed by atoms with Gasteiger partial charge in [-0.1, -0.05) is 5.16 Å². The Morgan fingerprint density at radius 3 is 2.63 bits per heavy atom. The molecule has 3 saturated heterocycles. The van der Waals surface area contributed by atoms with Crippen molar-refractivity contribution in [2.75, 3.05) is 33.7 Å². The Balaban J connectivity index is 1.48. The first-order chi connectivity index (χ1) is 12.6. The molecule has 2 unspecified atom stereocenters. The smallest absolute Gasteiger partial charge is 0.346 e. The van der Waals surface area contributed by atoms with Crippen molar-refractivity contribution in [3.05, 3.63) is 17.5 Å². The van der Waals surface area contributed by atoms with Crippen molar-refractivity contribution in [3.8, 4) is 0 Å². The fourth-order valence-corrected chi connectivity index (χ4v) is 4.72. The molecule has 1 aromatic rings. The topological polar surface area (TPSA) is 116 Å². The van der Waals surface area contributed by atoms with E-state index >= 15 is 0 Å². The van der Waals surface area contributed by atoms with E-state index < -0.39 is 22.5 Å². The van der Waals surface area contributed by atoms with Crippen molar-refractivity contribution in [1.29, 1.82) is 0 Å². The highest BCUT2D eigenvalue weighted by atomic mass is 32.3. The van der Waals surface area contributed by atoms with Gasteiger partial charge in [-0.25, -0.2) is 13.2 Å². The Hall–Kier alpha value is -1.69.